The average molecular weight is 265 g/mol. The Labute approximate surface area is 97.0 Å². The SMILES string of the molecule is COP1(=S)NCC(c2cc(F)cc(F)c2)O1. The number of hydrogen-bond donors (Lipinski definition) is 1. The van der Waals surface area contributed by atoms with Crippen LogP contribution in [0.4, 0.5) is 8.78 Å². The zero-order valence-corrected chi connectivity index (χ0v) is 10.2. The van der Waals surface area contributed by atoms with Crippen LogP contribution in [0.2, 0.25) is 0 Å². The maximum Gasteiger partial charge on any atom is 0.261 e. The van der Waals surface area contributed by atoms with E-state index in [1.54, 1.807) is 0 Å². The van der Waals surface area contributed by atoms with E-state index in [4.69, 9.17) is 20.9 Å². The summed E-state index contributed by atoms with van der Waals surface area (Å²) >= 11 is 5.08. The van der Waals surface area contributed by atoms with Gasteiger partial charge in [-0.2, -0.15) is 0 Å². The second-order valence-corrected chi connectivity index (χ2v) is 6.67. The molecule has 1 aromatic rings. The summed E-state index contributed by atoms with van der Waals surface area (Å²) in [6.45, 7) is -2.07. The number of nitrogens with one attached hydrogen (secondary N) is 1. The molecule has 1 N–H and O–H groups in total. The van der Waals surface area contributed by atoms with Gasteiger partial charge in [-0.05, 0) is 29.5 Å². The molecule has 0 radical (unpaired) electrons. The van der Waals surface area contributed by atoms with E-state index in [1.165, 1.54) is 19.2 Å². The Hall–Kier alpha value is -0.390. The van der Waals surface area contributed by atoms with E-state index in [9.17, 15) is 8.78 Å². The van der Waals surface area contributed by atoms with Gasteiger partial charge >= 0.3 is 0 Å². The molecule has 1 fully saturated rings. The summed E-state index contributed by atoms with van der Waals surface area (Å²) in [5.74, 6) is -1.26. The van der Waals surface area contributed by atoms with E-state index in [0.29, 0.717) is 12.1 Å². The van der Waals surface area contributed by atoms with Crippen molar-refractivity contribution >= 4 is 18.4 Å². The molecule has 0 aliphatic carbocycles. The third-order valence-corrected chi connectivity index (χ3v) is 4.91. The maximum atomic E-state index is 13.0. The van der Waals surface area contributed by atoms with Gasteiger partial charge in [0.05, 0.1) is 0 Å². The van der Waals surface area contributed by atoms with Crippen molar-refractivity contribution in [3.63, 3.8) is 0 Å². The summed E-state index contributed by atoms with van der Waals surface area (Å²) in [5, 5.41) is 2.91. The van der Waals surface area contributed by atoms with E-state index in [1.807, 2.05) is 0 Å². The molecule has 1 aliphatic heterocycles. The molecule has 1 heterocycles. The van der Waals surface area contributed by atoms with Gasteiger partial charge < -0.3 is 9.05 Å². The third kappa shape index (κ3) is 2.47. The molecule has 0 bridgehead atoms. The van der Waals surface area contributed by atoms with Gasteiger partial charge in [-0.25, -0.2) is 13.9 Å². The molecule has 1 saturated heterocycles. The van der Waals surface area contributed by atoms with Gasteiger partial charge in [-0.3, -0.25) is 0 Å². The third-order valence-electron chi connectivity index (χ3n) is 2.23. The minimum Gasteiger partial charge on any atom is -0.321 e. The summed E-state index contributed by atoms with van der Waals surface area (Å²) < 4.78 is 36.5. The molecule has 2 unspecified atom stereocenters. The zero-order chi connectivity index (χ0) is 11.8. The van der Waals surface area contributed by atoms with Crippen molar-refractivity contribution in [2.24, 2.45) is 0 Å². The Morgan fingerprint density at radius 1 is 1.44 bits per heavy atom. The Balaban J connectivity index is 2.24. The van der Waals surface area contributed by atoms with Crippen molar-refractivity contribution in [3.05, 3.63) is 35.4 Å². The van der Waals surface area contributed by atoms with Crippen LogP contribution in [0.25, 0.3) is 0 Å². The molecule has 0 spiro atoms. The Morgan fingerprint density at radius 3 is 2.56 bits per heavy atom. The molecule has 88 valence electrons. The lowest BCUT2D eigenvalue weighted by Gasteiger charge is -2.14. The first-order chi connectivity index (χ1) is 7.52. The largest absolute Gasteiger partial charge is 0.321 e. The van der Waals surface area contributed by atoms with Crippen LogP contribution in [-0.2, 0) is 20.9 Å². The van der Waals surface area contributed by atoms with Crippen LogP contribution in [0.3, 0.4) is 0 Å². The normalized spacial score (nSPS) is 29.6. The Kier molecular flexibility index (Phi) is 3.37. The van der Waals surface area contributed by atoms with Crippen LogP contribution in [-0.4, -0.2) is 13.7 Å². The van der Waals surface area contributed by atoms with E-state index in [0.717, 1.165) is 6.07 Å². The highest BCUT2D eigenvalue weighted by Crippen LogP contribution is 2.52. The van der Waals surface area contributed by atoms with Crippen LogP contribution in [0.5, 0.6) is 0 Å². The van der Waals surface area contributed by atoms with Crippen LogP contribution in [0, 0.1) is 11.6 Å². The standard InChI is InChI=1S/C9H10F2NO2PS/c1-13-15(16)12-5-9(14-15)6-2-7(10)4-8(11)3-6/h2-4,9H,5H2,1H3,(H,12,16). The summed E-state index contributed by atoms with van der Waals surface area (Å²) in [6.07, 6.45) is -0.462. The van der Waals surface area contributed by atoms with Gasteiger partial charge in [0.15, 0.2) is 0 Å². The zero-order valence-electron chi connectivity index (χ0n) is 8.44. The summed E-state index contributed by atoms with van der Waals surface area (Å²) in [7, 11) is 1.45. The van der Waals surface area contributed by atoms with E-state index in [2.05, 4.69) is 5.09 Å². The molecule has 1 aromatic carbocycles. The minimum atomic E-state index is -2.46. The van der Waals surface area contributed by atoms with Gasteiger partial charge in [-0.1, -0.05) is 0 Å². The van der Waals surface area contributed by atoms with Gasteiger partial charge in [0, 0.05) is 19.7 Å². The van der Waals surface area contributed by atoms with Crippen molar-refractivity contribution < 1.29 is 17.8 Å². The van der Waals surface area contributed by atoms with Gasteiger partial charge in [0.1, 0.15) is 17.7 Å². The van der Waals surface area contributed by atoms with Crippen molar-refractivity contribution in [1.82, 2.24) is 5.09 Å². The molecule has 0 amide bonds. The number of benzene rings is 1. The molecular formula is C9H10F2NO2PS. The summed E-state index contributed by atoms with van der Waals surface area (Å²) in [5.41, 5.74) is 0.425. The second kappa shape index (κ2) is 4.47. The average Bonchev–Trinajstić information content (AvgIpc) is 2.61. The van der Waals surface area contributed by atoms with Crippen molar-refractivity contribution in [3.8, 4) is 0 Å². The molecule has 16 heavy (non-hydrogen) atoms. The molecule has 2 rings (SSSR count). The van der Waals surface area contributed by atoms with Crippen molar-refractivity contribution in [1.29, 1.82) is 0 Å². The summed E-state index contributed by atoms with van der Waals surface area (Å²) in [6, 6.07) is 3.28. The summed E-state index contributed by atoms with van der Waals surface area (Å²) in [4.78, 5) is 0. The second-order valence-electron chi connectivity index (χ2n) is 3.34. The van der Waals surface area contributed by atoms with E-state index in [-0.39, 0.29) is 0 Å². The predicted molar refractivity (Wildman–Crippen MR) is 59.5 cm³/mol. The van der Waals surface area contributed by atoms with Crippen LogP contribution in [0.1, 0.15) is 11.7 Å². The number of halogens is 2. The van der Waals surface area contributed by atoms with Crippen molar-refractivity contribution in [2.45, 2.75) is 6.10 Å². The monoisotopic (exact) mass is 265 g/mol. The maximum absolute atomic E-state index is 13.0. The molecule has 3 nitrogen and oxygen atoms in total. The molecule has 0 aromatic heterocycles. The first-order valence-corrected chi connectivity index (χ1v) is 7.21. The quantitative estimate of drug-likeness (QED) is 0.832. The number of rotatable bonds is 2. The number of hydrogen-bond acceptors (Lipinski definition) is 3. The van der Waals surface area contributed by atoms with Gasteiger partial charge in [0.2, 0.25) is 0 Å². The Morgan fingerprint density at radius 2 is 2.06 bits per heavy atom. The molecule has 7 heteroatoms. The first kappa shape index (κ1) is 12.1. The topological polar surface area (TPSA) is 30.5 Å². The highest BCUT2D eigenvalue weighted by Gasteiger charge is 2.32. The Bertz CT molecular complexity index is 437. The van der Waals surface area contributed by atoms with Crippen LogP contribution >= 0.6 is 6.64 Å². The van der Waals surface area contributed by atoms with E-state index < -0.39 is 24.4 Å². The van der Waals surface area contributed by atoms with Crippen LogP contribution < -0.4 is 5.09 Å². The van der Waals surface area contributed by atoms with Crippen molar-refractivity contribution in [2.75, 3.05) is 13.7 Å². The fourth-order valence-electron chi connectivity index (χ4n) is 1.48. The first-order valence-electron chi connectivity index (χ1n) is 4.58. The fourth-order valence-corrected chi connectivity index (χ4v) is 3.23. The smallest absolute Gasteiger partial charge is 0.261 e. The molecular weight excluding hydrogens is 255 g/mol. The fraction of sp³-hybridized carbons (Fsp3) is 0.333. The minimum absolute atomic E-state index is 0.397. The highest BCUT2D eigenvalue weighted by molar-refractivity contribution is 8.09. The lowest BCUT2D eigenvalue weighted by atomic mass is 10.1. The van der Waals surface area contributed by atoms with Crippen LogP contribution in [0.15, 0.2) is 18.2 Å². The van der Waals surface area contributed by atoms with Gasteiger partial charge in [0.25, 0.3) is 6.64 Å². The lowest BCUT2D eigenvalue weighted by molar-refractivity contribution is 0.232. The highest BCUT2D eigenvalue weighted by atomic mass is 32.5. The molecule has 1 aliphatic rings. The van der Waals surface area contributed by atoms with Gasteiger partial charge in [-0.15, -0.1) is 0 Å². The lowest BCUT2D eigenvalue weighted by Crippen LogP contribution is -2.07. The predicted octanol–water partition coefficient (Wildman–Crippen LogP) is 2.50. The molecule has 2 atom stereocenters. The molecule has 0 saturated carbocycles. The van der Waals surface area contributed by atoms with E-state index >= 15 is 0 Å².